The lowest BCUT2D eigenvalue weighted by Crippen LogP contribution is -2.22. The second-order valence-corrected chi connectivity index (χ2v) is 7.95. The fourth-order valence-corrected chi connectivity index (χ4v) is 4.43. The topological polar surface area (TPSA) is 60.9 Å². The molecule has 28 heavy (non-hydrogen) atoms. The number of fused-ring (bicyclic) bond motifs is 1. The summed E-state index contributed by atoms with van der Waals surface area (Å²) in [5.74, 6) is 1.38. The van der Waals surface area contributed by atoms with E-state index in [2.05, 4.69) is 5.16 Å². The number of benzene rings is 2. The minimum atomic E-state index is -0.114. The molecule has 0 saturated carbocycles. The molecule has 0 bridgehead atoms. The molecule has 0 atom stereocenters. The third-order valence-corrected chi connectivity index (χ3v) is 5.88. The summed E-state index contributed by atoms with van der Waals surface area (Å²) in [5, 5.41) is 5.70. The van der Waals surface area contributed by atoms with Gasteiger partial charge in [0.25, 0.3) is 5.56 Å². The smallest absolute Gasteiger partial charge is 0.266 e. The van der Waals surface area contributed by atoms with Gasteiger partial charge in [0.1, 0.15) is 5.76 Å². The Balaban J connectivity index is 1.91. The van der Waals surface area contributed by atoms with Gasteiger partial charge in [-0.3, -0.25) is 9.36 Å². The molecule has 7 heteroatoms. The molecule has 4 rings (SSSR count). The molecule has 4 aromatic rings. The van der Waals surface area contributed by atoms with Crippen molar-refractivity contribution in [2.45, 2.75) is 31.7 Å². The lowest BCUT2D eigenvalue weighted by Gasteiger charge is -2.15. The molecule has 0 aliphatic carbocycles. The zero-order valence-corrected chi connectivity index (χ0v) is 17.3. The normalized spacial score (nSPS) is 11.3. The maximum absolute atomic E-state index is 13.3. The second-order valence-electron chi connectivity index (χ2n) is 6.57. The van der Waals surface area contributed by atoms with Crippen molar-refractivity contribution in [3.8, 4) is 5.69 Å². The van der Waals surface area contributed by atoms with Crippen LogP contribution in [0.25, 0.3) is 16.6 Å². The van der Waals surface area contributed by atoms with Gasteiger partial charge >= 0.3 is 0 Å². The van der Waals surface area contributed by atoms with E-state index in [1.54, 1.807) is 22.8 Å². The summed E-state index contributed by atoms with van der Waals surface area (Å²) in [6.07, 6.45) is 0. The van der Waals surface area contributed by atoms with E-state index in [0.717, 1.165) is 28.3 Å². The highest BCUT2D eigenvalue weighted by Gasteiger charge is 2.17. The fraction of sp³-hybridized carbons (Fsp3) is 0.190. The highest BCUT2D eigenvalue weighted by atomic mass is 35.5. The molecule has 0 amide bonds. The summed E-state index contributed by atoms with van der Waals surface area (Å²) >= 11 is 7.61. The molecule has 0 spiro atoms. The first-order valence-electron chi connectivity index (χ1n) is 8.78. The number of para-hydroxylation sites is 1. The SMILES string of the molecule is Cc1ccccc1-n1c(SCc2c(C)noc2C)nc2cc(Cl)ccc2c1=O. The summed E-state index contributed by atoms with van der Waals surface area (Å²) in [5.41, 5.74) is 4.15. The molecule has 0 fully saturated rings. The number of aryl methyl sites for hydroxylation is 3. The van der Waals surface area contributed by atoms with Crippen LogP contribution in [0.1, 0.15) is 22.6 Å². The van der Waals surface area contributed by atoms with Crippen molar-refractivity contribution in [3.63, 3.8) is 0 Å². The monoisotopic (exact) mass is 411 g/mol. The van der Waals surface area contributed by atoms with E-state index >= 15 is 0 Å². The molecule has 0 saturated heterocycles. The van der Waals surface area contributed by atoms with E-state index in [9.17, 15) is 4.79 Å². The van der Waals surface area contributed by atoms with Crippen LogP contribution in [-0.4, -0.2) is 14.7 Å². The number of rotatable bonds is 4. The largest absolute Gasteiger partial charge is 0.361 e. The van der Waals surface area contributed by atoms with Crippen molar-refractivity contribution in [2.75, 3.05) is 0 Å². The number of hydrogen-bond acceptors (Lipinski definition) is 5. The third-order valence-electron chi connectivity index (χ3n) is 4.68. The fourth-order valence-electron chi connectivity index (χ4n) is 3.11. The highest BCUT2D eigenvalue weighted by Crippen LogP contribution is 2.28. The van der Waals surface area contributed by atoms with E-state index in [4.69, 9.17) is 21.1 Å². The minimum Gasteiger partial charge on any atom is -0.361 e. The zero-order chi connectivity index (χ0) is 19.8. The van der Waals surface area contributed by atoms with Crippen LogP contribution in [-0.2, 0) is 5.75 Å². The van der Waals surface area contributed by atoms with Gasteiger partial charge in [0.05, 0.1) is 22.3 Å². The Morgan fingerprint density at radius 1 is 1.14 bits per heavy atom. The summed E-state index contributed by atoms with van der Waals surface area (Å²) in [4.78, 5) is 18.1. The third kappa shape index (κ3) is 3.34. The van der Waals surface area contributed by atoms with Crippen molar-refractivity contribution in [1.29, 1.82) is 0 Å². The molecule has 5 nitrogen and oxygen atoms in total. The summed E-state index contributed by atoms with van der Waals surface area (Å²) in [6, 6.07) is 13.0. The number of aromatic nitrogens is 3. The second kappa shape index (κ2) is 7.45. The van der Waals surface area contributed by atoms with Gasteiger partial charge in [-0.15, -0.1) is 0 Å². The minimum absolute atomic E-state index is 0.114. The van der Waals surface area contributed by atoms with Gasteiger partial charge in [0.15, 0.2) is 5.16 Å². The summed E-state index contributed by atoms with van der Waals surface area (Å²) in [6.45, 7) is 5.78. The molecule has 0 radical (unpaired) electrons. The molecule has 0 N–H and O–H groups in total. The first-order chi connectivity index (χ1) is 13.5. The summed E-state index contributed by atoms with van der Waals surface area (Å²) in [7, 11) is 0. The van der Waals surface area contributed by atoms with Gasteiger partial charge < -0.3 is 4.52 Å². The number of nitrogens with zero attached hydrogens (tertiary/aromatic N) is 3. The molecule has 2 heterocycles. The van der Waals surface area contributed by atoms with Crippen molar-refractivity contribution >= 4 is 34.3 Å². The van der Waals surface area contributed by atoms with Crippen LogP contribution < -0.4 is 5.56 Å². The number of hydrogen-bond donors (Lipinski definition) is 0. The molecule has 0 aliphatic rings. The van der Waals surface area contributed by atoms with E-state index in [1.165, 1.54) is 11.8 Å². The van der Waals surface area contributed by atoms with Crippen molar-refractivity contribution < 1.29 is 4.52 Å². The van der Waals surface area contributed by atoms with Crippen molar-refractivity contribution in [1.82, 2.24) is 14.7 Å². The van der Waals surface area contributed by atoms with Gasteiger partial charge in [-0.05, 0) is 50.6 Å². The number of halogens is 1. The zero-order valence-electron chi connectivity index (χ0n) is 15.7. The maximum atomic E-state index is 13.3. The molecule has 2 aromatic carbocycles. The standard InChI is InChI=1S/C21H18ClN3O2S/c1-12-6-4-5-7-19(12)25-20(26)16-9-8-15(22)10-18(16)23-21(25)28-11-17-13(2)24-27-14(17)3/h4-10H,11H2,1-3H3. The molecule has 2 aromatic heterocycles. The molecule has 142 valence electrons. The Morgan fingerprint density at radius 2 is 1.93 bits per heavy atom. The molecule has 0 aliphatic heterocycles. The van der Waals surface area contributed by atoms with Crippen molar-refractivity contribution in [2.24, 2.45) is 0 Å². The van der Waals surface area contributed by atoms with Crippen molar-refractivity contribution in [3.05, 3.63) is 80.4 Å². The van der Waals surface area contributed by atoms with Gasteiger partial charge in [-0.1, -0.05) is 46.7 Å². The predicted molar refractivity (Wildman–Crippen MR) is 113 cm³/mol. The first kappa shape index (κ1) is 18.8. The van der Waals surface area contributed by atoms with Gasteiger partial charge in [-0.25, -0.2) is 4.98 Å². The van der Waals surface area contributed by atoms with E-state index in [1.807, 2.05) is 45.0 Å². The van der Waals surface area contributed by atoms with Crippen LogP contribution >= 0.6 is 23.4 Å². The Bertz CT molecular complexity index is 1230. The van der Waals surface area contributed by atoms with Gasteiger partial charge in [-0.2, -0.15) is 0 Å². The Kier molecular flexibility index (Phi) is 5.00. The summed E-state index contributed by atoms with van der Waals surface area (Å²) < 4.78 is 6.93. The lowest BCUT2D eigenvalue weighted by molar-refractivity contribution is 0.392. The van der Waals surface area contributed by atoms with Crippen LogP contribution in [0.2, 0.25) is 5.02 Å². The van der Waals surface area contributed by atoms with Crippen LogP contribution in [0, 0.1) is 20.8 Å². The van der Waals surface area contributed by atoms with Gasteiger partial charge in [0, 0.05) is 16.3 Å². The first-order valence-corrected chi connectivity index (χ1v) is 10.1. The van der Waals surface area contributed by atoms with Crippen LogP contribution in [0.5, 0.6) is 0 Å². The van der Waals surface area contributed by atoms with Crippen LogP contribution in [0.4, 0.5) is 0 Å². The Morgan fingerprint density at radius 3 is 2.64 bits per heavy atom. The van der Waals surface area contributed by atoms with Gasteiger partial charge in [0.2, 0.25) is 0 Å². The van der Waals surface area contributed by atoms with E-state index in [-0.39, 0.29) is 5.56 Å². The van der Waals surface area contributed by atoms with E-state index < -0.39 is 0 Å². The molecule has 0 unspecified atom stereocenters. The Hall–Kier alpha value is -2.57. The maximum Gasteiger partial charge on any atom is 0.266 e. The number of thioether (sulfide) groups is 1. The van der Waals surface area contributed by atoms with E-state index in [0.29, 0.717) is 26.8 Å². The quantitative estimate of drug-likeness (QED) is 0.339. The average molecular weight is 412 g/mol. The van der Waals surface area contributed by atoms with Crippen LogP contribution in [0.3, 0.4) is 0 Å². The predicted octanol–water partition coefficient (Wildman–Crippen LogP) is 5.24. The molecular formula is C21H18ClN3O2S. The highest BCUT2D eigenvalue weighted by molar-refractivity contribution is 7.98. The lowest BCUT2D eigenvalue weighted by atomic mass is 10.2. The Labute approximate surface area is 171 Å². The molecular weight excluding hydrogens is 394 g/mol. The average Bonchev–Trinajstić information content (AvgIpc) is 2.99. The van der Waals surface area contributed by atoms with Crippen LogP contribution in [0.15, 0.2) is 56.9 Å².